The van der Waals surface area contributed by atoms with Crippen LogP contribution in [0, 0.1) is 12.3 Å². The molecule has 1 aromatic heterocycles. The third-order valence-corrected chi connectivity index (χ3v) is 5.03. The molecule has 0 saturated heterocycles. The zero-order chi connectivity index (χ0) is 15.0. The predicted molar refractivity (Wildman–Crippen MR) is 88.6 cm³/mol. The van der Waals surface area contributed by atoms with Gasteiger partial charge in [-0.3, -0.25) is 0 Å². The molecule has 2 atom stereocenters. The van der Waals surface area contributed by atoms with E-state index in [0.717, 1.165) is 17.9 Å². The van der Waals surface area contributed by atoms with Crippen LogP contribution >= 0.6 is 0 Å². The summed E-state index contributed by atoms with van der Waals surface area (Å²) in [6.07, 6.45) is 3.68. The number of nitrogens with zero attached hydrogens (tertiary/aromatic N) is 2. The fourth-order valence-electron chi connectivity index (χ4n) is 3.94. The van der Waals surface area contributed by atoms with E-state index in [1.165, 1.54) is 24.8 Å². The molecule has 3 heteroatoms. The maximum atomic E-state index is 4.76. The number of nitrogens with one attached hydrogen (secondary N) is 1. The summed E-state index contributed by atoms with van der Waals surface area (Å²) in [4.78, 5) is 4.76. The standard InChI is InChI=1S/C18H27N3/c1-5-12-19-17-16(10-11-18(17,3)4)21-13(2)20-14-8-6-7-9-15(14)21/h6-9,16-17,19H,5,10-12H2,1-4H3. The van der Waals surface area contributed by atoms with Gasteiger partial charge in [-0.15, -0.1) is 0 Å². The minimum atomic E-state index is 0.345. The zero-order valence-electron chi connectivity index (χ0n) is 13.7. The Bertz CT molecular complexity index is 626. The van der Waals surface area contributed by atoms with Gasteiger partial charge < -0.3 is 9.88 Å². The first-order chi connectivity index (χ1) is 10.0. The van der Waals surface area contributed by atoms with Gasteiger partial charge in [0.25, 0.3) is 0 Å². The molecule has 1 aliphatic carbocycles. The van der Waals surface area contributed by atoms with Gasteiger partial charge in [0.1, 0.15) is 5.82 Å². The second kappa shape index (κ2) is 5.45. The van der Waals surface area contributed by atoms with E-state index < -0.39 is 0 Å². The molecule has 1 N–H and O–H groups in total. The van der Waals surface area contributed by atoms with E-state index in [1.807, 2.05) is 0 Å². The number of rotatable bonds is 4. The predicted octanol–water partition coefficient (Wildman–Crippen LogP) is 4.07. The van der Waals surface area contributed by atoms with Gasteiger partial charge in [-0.2, -0.15) is 0 Å². The summed E-state index contributed by atoms with van der Waals surface area (Å²) in [7, 11) is 0. The Balaban J connectivity index is 2.02. The minimum absolute atomic E-state index is 0.345. The number of fused-ring (bicyclic) bond motifs is 1. The lowest BCUT2D eigenvalue weighted by Crippen LogP contribution is -2.43. The average molecular weight is 285 g/mol. The van der Waals surface area contributed by atoms with Crippen molar-refractivity contribution in [3.8, 4) is 0 Å². The highest BCUT2D eigenvalue weighted by Crippen LogP contribution is 2.45. The Morgan fingerprint density at radius 1 is 1.33 bits per heavy atom. The van der Waals surface area contributed by atoms with E-state index in [9.17, 15) is 0 Å². The van der Waals surface area contributed by atoms with Crippen LogP contribution in [-0.2, 0) is 0 Å². The summed E-state index contributed by atoms with van der Waals surface area (Å²) in [6.45, 7) is 10.3. The molecule has 0 radical (unpaired) electrons. The molecule has 2 aromatic rings. The van der Waals surface area contributed by atoms with Crippen LogP contribution in [0.25, 0.3) is 11.0 Å². The molecule has 114 valence electrons. The third kappa shape index (κ3) is 2.48. The zero-order valence-corrected chi connectivity index (χ0v) is 13.7. The quantitative estimate of drug-likeness (QED) is 0.917. The Morgan fingerprint density at radius 3 is 2.86 bits per heavy atom. The maximum Gasteiger partial charge on any atom is 0.107 e. The summed E-state index contributed by atoms with van der Waals surface area (Å²) in [5.41, 5.74) is 2.74. The van der Waals surface area contributed by atoms with Crippen LogP contribution in [0.15, 0.2) is 24.3 Å². The topological polar surface area (TPSA) is 29.9 Å². The number of aromatic nitrogens is 2. The summed E-state index contributed by atoms with van der Waals surface area (Å²) >= 11 is 0. The van der Waals surface area contributed by atoms with Gasteiger partial charge in [0, 0.05) is 6.04 Å². The van der Waals surface area contributed by atoms with Crippen molar-refractivity contribution in [2.45, 2.75) is 59.0 Å². The summed E-state index contributed by atoms with van der Waals surface area (Å²) < 4.78 is 2.47. The lowest BCUT2D eigenvalue weighted by atomic mass is 9.86. The van der Waals surface area contributed by atoms with E-state index >= 15 is 0 Å². The van der Waals surface area contributed by atoms with Crippen LogP contribution in [-0.4, -0.2) is 22.1 Å². The summed E-state index contributed by atoms with van der Waals surface area (Å²) in [5.74, 6) is 1.14. The second-order valence-corrected chi connectivity index (χ2v) is 7.04. The Hall–Kier alpha value is -1.35. The van der Waals surface area contributed by atoms with Crippen molar-refractivity contribution in [1.29, 1.82) is 0 Å². The van der Waals surface area contributed by atoms with Crippen LogP contribution in [0.5, 0.6) is 0 Å². The summed E-state index contributed by atoms with van der Waals surface area (Å²) in [6, 6.07) is 9.55. The Labute approximate surface area is 127 Å². The van der Waals surface area contributed by atoms with E-state index in [0.29, 0.717) is 17.5 Å². The van der Waals surface area contributed by atoms with Crippen molar-refractivity contribution in [3.05, 3.63) is 30.1 Å². The van der Waals surface area contributed by atoms with Crippen molar-refractivity contribution >= 4 is 11.0 Å². The molecule has 0 aliphatic heterocycles. The van der Waals surface area contributed by atoms with Gasteiger partial charge in [0.05, 0.1) is 17.1 Å². The fraction of sp³-hybridized carbons (Fsp3) is 0.611. The summed E-state index contributed by atoms with van der Waals surface area (Å²) in [5, 5.41) is 3.80. The molecule has 0 amide bonds. The molecule has 0 bridgehead atoms. The average Bonchev–Trinajstić information content (AvgIpc) is 2.92. The van der Waals surface area contributed by atoms with Crippen LogP contribution < -0.4 is 5.32 Å². The lowest BCUT2D eigenvalue weighted by molar-refractivity contribution is 0.250. The first kappa shape index (κ1) is 14.6. The number of para-hydroxylation sites is 2. The van der Waals surface area contributed by atoms with Crippen molar-refractivity contribution in [2.24, 2.45) is 5.41 Å². The van der Waals surface area contributed by atoms with Gasteiger partial charge in [0.2, 0.25) is 0 Å². The first-order valence-electron chi connectivity index (χ1n) is 8.21. The van der Waals surface area contributed by atoms with E-state index in [1.54, 1.807) is 0 Å². The molecule has 3 nitrogen and oxygen atoms in total. The van der Waals surface area contributed by atoms with E-state index in [4.69, 9.17) is 4.98 Å². The molecule has 21 heavy (non-hydrogen) atoms. The largest absolute Gasteiger partial charge is 0.323 e. The van der Waals surface area contributed by atoms with Gasteiger partial charge in [-0.1, -0.05) is 32.9 Å². The molecule has 1 aliphatic rings. The SMILES string of the molecule is CCCNC1C(n2c(C)nc3ccccc32)CCC1(C)C. The Morgan fingerprint density at radius 2 is 2.10 bits per heavy atom. The van der Waals surface area contributed by atoms with E-state index in [2.05, 4.69) is 61.8 Å². The van der Waals surface area contributed by atoms with Crippen LogP contribution in [0.4, 0.5) is 0 Å². The molecular weight excluding hydrogens is 258 g/mol. The molecule has 1 heterocycles. The van der Waals surface area contributed by atoms with Crippen molar-refractivity contribution in [3.63, 3.8) is 0 Å². The molecule has 3 rings (SSSR count). The smallest absolute Gasteiger partial charge is 0.107 e. The maximum absolute atomic E-state index is 4.76. The minimum Gasteiger partial charge on any atom is -0.323 e. The highest BCUT2D eigenvalue weighted by atomic mass is 15.2. The normalized spacial score (nSPS) is 24.8. The highest BCUT2D eigenvalue weighted by molar-refractivity contribution is 5.76. The molecule has 1 fully saturated rings. The third-order valence-electron chi connectivity index (χ3n) is 5.03. The van der Waals surface area contributed by atoms with Crippen molar-refractivity contribution < 1.29 is 0 Å². The molecule has 0 spiro atoms. The fourth-order valence-corrected chi connectivity index (χ4v) is 3.94. The van der Waals surface area contributed by atoms with Gasteiger partial charge in [-0.25, -0.2) is 4.98 Å². The lowest BCUT2D eigenvalue weighted by Gasteiger charge is -2.33. The highest BCUT2D eigenvalue weighted by Gasteiger charge is 2.43. The number of aryl methyl sites for hydroxylation is 1. The van der Waals surface area contributed by atoms with Crippen molar-refractivity contribution in [1.82, 2.24) is 14.9 Å². The van der Waals surface area contributed by atoms with E-state index in [-0.39, 0.29) is 0 Å². The number of hydrogen-bond acceptors (Lipinski definition) is 2. The molecular formula is C18H27N3. The number of hydrogen-bond donors (Lipinski definition) is 1. The van der Waals surface area contributed by atoms with Crippen LogP contribution in [0.3, 0.4) is 0 Å². The van der Waals surface area contributed by atoms with Gasteiger partial charge in [-0.05, 0) is 50.3 Å². The van der Waals surface area contributed by atoms with Crippen LogP contribution in [0.2, 0.25) is 0 Å². The van der Waals surface area contributed by atoms with Gasteiger partial charge >= 0.3 is 0 Å². The number of benzene rings is 1. The molecule has 1 saturated carbocycles. The first-order valence-corrected chi connectivity index (χ1v) is 8.21. The second-order valence-electron chi connectivity index (χ2n) is 7.04. The Kier molecular flexibility index (Phi) is 3.78. The van der Waals surface area contributed by atoms with Crippen LogP contribution in [0.1, 0.15) is 51.9 Å². The van der Waals surface area contributed by atoms with Crippen molar-refractivity contribution in [2.75, 3.05) is 6.54 Å². The van der Waals surface area contributed by atoms with Gasteiger partial charge in [0.15, 0.2) is 0 Å². The molecule has 2 unspecified atom stereocenters. The molecule has 1 aromatic carbocycles. The number of imidazole rings is 1. The monoisotopic (exact) mass is 285 g/mol.